The summed E-state index contributed by atoms with van der Waals surface area (Å²) in [5.74, 6) is 2.11. The van der Waals surface area contributed by atoms with E-state index in [0.29, 0.717) is 5.75 Å². The van der Waals surface area contributed by atoms with Crippen LogP contribution < -0.4 is 14.8 Å². The van der Waals surface area contributed by atoms with Crippen LogP contribution in [0.4, 0.5) is 0 Å². The van der Waals surface area contributed by atoms with Crippen LogP contribution in [-0.2, 0) is 18.3 Å². The van der Waals surface area contributed by atoms with Crippen LogP contribution in [0.1, 0.15) is 23.0 Å². The normalized spacial score (nSPS) is 11.7. The first-order valence-electron chi connectivity index (χ1n) is 8.64. The van der Waals surface area contributed by atoms with Gasteiger partial charge in [-0.2, -0.15) is 0 Å². The molecule has 1 heterocycles. The summed E-state index contributed by atoms with van der Waals surface area (Å²) in [6.45, 7) is 0. The van der Waals surface area contributed by atoms with E-state index in [1.165, 1.54) is 0 Å². The Bertz CT molecular complexity index is 903. The number of ether oxygens (including phenoxy) is 2. The Labute approximate surface area is 158 Å². The minimum atomic E-state index is -0.363. The van der Waals surface area contributed by atoms with E-state index in [9.17, 15) is 4.79 Å². The van der Waals surface area contributed by atoms with Gasteiger partial charge in [0.15, 0.2) is 0 Å². The van der Waals surface area contributed by atoms with Gasteiger partial charge in [0.25, 0.3) is 0 Å². The Hall–Kier alpha value is -3.28. The molecule has 0 aliphatic rings. The van der Waals surface area contributed by atoms with Crippen molar-refractivity contribution >= 4 is 5.91 Å². The van der Waals surface area contributed by atoms with Crippen molar-refractivity contribution in [1.29, 1.82) is 0 Å². The molecule has 1 aromatic heterocycles. The number of aromatic nitrogens is 2. The molecule has 140 valence electrons. The highest BCUT2D eigenvalue weighted by Gasteiger charge is 2.21. The monoisotopic (exact) mass is 365 g/mol. The van der Waals surface area contributed by atoms with Gasteiger partial charge in [-0.05, 0) is 23.8 Å². The molecule has 1 N–H and O–H groups in total. The van der Waals surface area contributed by atoms with Crippen LogP contribution in [0.5, 0.6) is 11.5 Å². The van der Waals surface area contributed by atoms with Crippen molar-refractivity contribution in [3.63, 3.8) is 0 Å². The summed E-state index contributed by atoms with van der Waals surface area (Å²) in [4.78, 5) is 17.2. The maximum absolute atomic E-state index is 12.8. The fraction of sp³-hybridized carbons (Fsp3) is 0.238. The first-order valence-corrected chi connectivity index (χ1v) is 8.64. The molecule has 0 saturated heterocycles. The molecule has 0 spiro atoms. The minimum absolute atomic E-state index is 0.108. The van der Waals surface area contributed by atoms with Crippen molar-refractivity contribution in [2.75, 3.05) is 14.2 Å². The molecule has 6 nitrogen and oxygen atoms in total. The number of rotatable bonds is 7. The van der Waals surface area contributed by atoms with Gasteiger partial charge in [0, 0.05) is 25.0 Å². The zero-order chi connectivity index (χ0) is 19.2. The van der Waals surface area contributed by atoms with Crippen molar-refractivity contribution in [2.45, 2.75) is 12.5 Å². The summed E-state index contributed by atoms with van der Waals surface area (Å²) in [5.41, 5.74) is 1.77. The molecule has 2 aromatic carbocycles. The van der Waals surface area contributed by atoms with Crippen molar-refractivity contribution in [1.82, 2.24) is 14.9 Å². The fourth-order valence-electron chi connectivity index (χ4n) is 2.98. The second-order valence-electron chi connectivity index (χ2n) is 6.16. The van der Waals surface area contributed by atoms with Crippen molar-refractivity contribution in [2.24, 2.45) is 7.05 Å². The predicted octanol–water partition coefficient (Wildman–Crippen LogP) is 2.89. The van der Waals surface area contributed by atoms with Gasteiger partial charge in [-0.3, -0.25) is 4.79 Å². The number of benzene rings is 2. The third-order valence-corrected chi connectivity index (χ3v) is 4.41. The molecule has 0 aliphatic heterocycles. The average Bonchev–Trinajstić information content (AvgIpc) is 3.12. The standard InChI is InChI=1S/C21H23N3O3/c1-24-13-12-22-21(24)20(15-8-10-17(26-2)11-9-15)23-19(25)14-16-6-4-5-7-18(16)27-3/h4-13,20H,14H2,1-3H3,(H,23,25). The molecule has 0 fully saturated rings. The molecular formula is C21H23N3O3. The Kier molecular flexibility index (Phi) is 5.76. The highest BCUT2D eigenvalue weighted by Crippen LogP contribution is 2.24. The molecule has 6 heteroatoms. The molecular weight excluding hydrogens is 342 g/mol. The largest absolute Gasteiger partial charge is 0.497 e. The lowest BCUT2D eigenvalue weighted by Gasteiger charge is -2.20. The molecule has 1 atom stereocenters. The van der Waals surface area contributed by atoms with E-state index in [1.807, 2.05) is 66.3 Å². The third kappa shape index (κ3) is 4.28. The number of hydrogen-bond donors (Lipinski definition) is 1. The number of nitrogens with zero attached hydrogens (tertiary/aromatic N) is 2. The molecule has 1 amide bonds. The summed E-state index contributed by atoms with van der Waals surface area (Å²) in [6.07, 6.45) is 3.80. The summed E-state index contributed by atoms with van der Waals surface area (Å²) < 4.78 is 12.5. The summed E-state index contributed by atoms with van der Waals surface area (Å²) >= 11 is 0. The Morgan fingerprint density at radius 3 is 2.48 bits per heavy atom. The van der Waals surface area contributed by atoms with Gasteiger partial charge >= 0.3 is 0 Å². The molecule has 27 heavy (non-hydrogen) atoms. The molecule has 1 unspecified atom stereocenters. The maximum atomic E-state index is 12.8. The van der Waals surface area contributed by atoms with E-state index in [4.69, 9.17) is 9.47 Å². The number of nitrogens with one attached hydrogen (secondary N) is 1. The molecule has 0 bridgehead atoms. The van der Waals surface area contributed by atoms with Crippen LogP contribution in [0.2, 0.25) is 0 Å². The molecule has 0 saturated carbocycles. The Morgan fingerprint density at radius 2 is 1.85 bits per heavy atom. The molecule has 3 aromatic rings. The topological polar surface area (TPSA) is 65.4 Å². The molecule has 0 radical (unpaired) electrons. The van der Waals surface area contributed by atoms with E-state index < -0.39 is 0 Å². The van der Waals surface area contributed by atoms with Crippen LogP contribution in [0.15, 0.2) is 60.9 Å². The average molecular weight is 365 g/mol. The minimum Gasteiger partial charge on any atom is -0.497 e. The molecule has 3 rings (SSSR count). The Balaban J connectivity index is 1.85. The lowest BCUT2D eigenvalue weighted by molar-refractivity contribution is -0.121. The number of imidazole rings is 1. The summed E-state index contributed by atoms with van der Waals surface area (Å²) in [5, 5.41) is 3.10. The van der Waals surface area contributed by atoms with Gasteiger partial charge in [-0.25, -0.2) is 4.98 Å². The van der Waals surface area contributed by atoms with Gasteiger partial charge < -0.3 is 19.4 Å². The molecule has 0 aliphatic carbocycles. The first kappa shape index (κ1) is 18.5. The van der Waals surface area contributed by atoms with Gasteiger partial charge in [0.05, 0.1) is 20.6 Å². The van der Waals surface area contributed by atoms with Crippen LogP contribution in [-0.4, -0.2) is 29.7 Å². The zero-order valence-electron chi connectivity index (χ0n) is 15.7. The van der Waals surface area contributed by atoms with Gasteiger partial charge in [-0.15, -0.1) is 0 Å². The van der Waals surface area contributed by atoms with Crippen LogP contribution in [0, 0.1) is 0 Å². The van der Waals surface area contributed by atoms with Crippen LogP contribution in [0.25, 0.3) is 0 Å². The van der Waals surface area contributed by atoms with Gasteiger partial charge in [0.2, 0.25) is 5.91 Å². The summed E-state index contributed by atoms with van der Waals surface area (Å²) in [7, 11) is 5.14. The highest BCUT2D eigenvalue weighted by molar-refractivity contribution is 5.80. The number of carbonyl (C=O) groups is 1. The van der Waals surface area contributed by atoms with E-state index in [-0.39, 0.29) is 18.4 Å². The fourth-order valence-corrected chi connectivity index (χ4v) is 2.98. The number of hydrogen-bond acceptors (Lipinski definition) is 4. The maximum Gasteiger partial charge on any atom is 0.225 e. The van der Waals surface area contributed by atoms with E-state index in [0.717, 1.165) is 22.7 Å². The number of amides is 1. The van der Waals surface area contributed by atoms with Gasteiger partial charge in [-0.1, -0.05) is 30.3 Å². The van der Waals surface area contributed by atoms with Crippen molar-refractivity contribution < 1.29 is 14.3 Å². The summed E-state index contributed by atoms with van der Waals surface area (Å²) in [6, 6.07) is 14.8. The SMILES string of the molecule is COc1ccc(C(NC(=O)Cc2ccccc2OC)c2nccn2C)cc1. The lowest BCUT2D eigenvalue weighted by Crippen LogP contribution is -2.32. The van der Waals surface area contributed by atoms with Crippen molar-refractivity contribution in [3.8, 4) is 11.5 Å². The van der Waals surface area contributed by atoms with Crippen molar-refractivity contribution in [3.05, 3.63) is 77.9 Å². The quantitative estimate of drug-likeness (QED) is 0.699. The van der Waals surface area contributed by atoms with Crippen LogP contribution >= 0.6 is 0 Å². The van der Waals surface area contributed by atoms with Crippen LogP contribution in [0.3, 0.4) is 0 Å². The lowest BCUT2D eigenvalue weighted by atomic mass is 10.0. The number of para-hydroxylation sites is 1. The third-order valence-electron chi connectivity index (χ3n) is 4.41. The van der Waals surface area contributed by atoms with E-state index in [1.54, 1.807) is 20.4 Å². The smallest absolute Gasteiger partial charge is 0.225 e. The second kappa shape index (κ2) is 8.40. The predicted molar refractivity (Wildman–Crippen MR) is 103 cm³/mol. The second-order valence-corrected chi connectivity index (χ2v) is 6.16. The van der Waals surface area contributed by atoms with Gasteiger partial charge in [0.1, 0.15) is 23.4 Å². The van der Waals surface area contributed by atoms with E-state index >= 15 is 0 Å². The number of methoxy groups -OCH3 is 2. The first-order chi connectivity index (χ1) is 13.1. The number of aryl methyl sites for hydroxylation is 1. The van der Waals surface area contributed by atoms with E-state index in [2.05, 4.69) is 10.3 Å². The Morgan fingerprint density at radius 1 is 1.11 bits per heavy atom. The highest BCUT2D eigenvalue weighted by atomic mass is 16.5. The number of carbonyl (C=O) groups excluding carboxylic acids is 1. The zero-order valence-corrected chi connectivity index (χ0v) is 15.7.